The Hall–Kier alpha value is -3.57. The van der Waals surface area contributed by atoms with Gasteiger partial charge in [0.25, 0.3) is 11.8 Å². The first kappa shape index (κ1) is 21.1. The molecule has 0 spiro atoms. The van der Waals surface area contributed by atoms with E-state index in [-0.39, 0.29) is 23.0 Å². The highest BCUT2D eigenvalue weighted by atomic mass is 32.1. The van der Waals surface area contributed by atoms with Gasteiger partial charge in [-0.05, 0) is 26.0 Å². The predicted molar refractivity (Wildman–Crippen MR) is 117 cm³/mol. The number of nitrogens with two attached hydrogens (primary N) is 3. The van der Waals surface area contributed by atoms with Crippen LogP contribution in [0.2, 0.25) is 0 Å². The second kappa shape index (κ2) is 8.84. The maximum absolute atomic E-state index is 13.2. The van der Waals surface area contributed by atoms with Crippen LogP contribution in [0, 0.1) is 6.92 Å². The minimum absolute atomic E-state index is 0.161. The zero-order valence-corrected chi connectivity index (χ0v) is 17.3. The van der Waals surface area contributed by atoms with Crippen molar-refractivity contribution in [2.45, 2.75) is 19.9 Å². The van der Waals surface area contributed by atoms with E-state index in [0.29, 0.717) is 28.6 Å². The van der Waals surface area contributed by atoms with Crippen LogP contribution in [0.15, 0.2) is 30.7 Å². The van der Waals surface area contributed by atoms with Crippen LogP contribution < -0.4 is 27.8 Å². The number of primary amides is 1. The summed E-state index contributed by atoms with van der Waals surface area (Å²) in [5, 5.41) is 6.37. The average molecular weight is 427 g/mol. The smallest absolute Gasteiger partial charge is 0.260 e. The number of aryl methyl sites for hydroxylation is 1. The monoisotopic (exact) mass is 426 g/mol. The number of anilines is 3. The zero-order chi connectivity index (χ0) is 21.8. The summed E-state index contributed by atoms with van der Waals surface area (Å²) in [4.78, 5) is 38.0. The van der Waals surface area contributed by atoms with E-state index in [1.54, 1.807) is 18.3 Å². The molecule has 1 atom stereocenters. The van der Waals surface area contributed by atoms with Crippen molar-refractivity contribution in [3.05, 3.63) is 46.7 Å². The maximum Gasteiger partial charge on any atom is 0.260 e. The van der Waals surface area contributed by atoms with Gasteiger partial charge in [0.1, 0.15) is 0 Å². The molecule has 0 radical (unpaired) electrons. The summed E-state index contributed by atoms with van der Waals surface area (Å²) in [6.45, 7) is 4.12. The summed E-state index contributed by atoms with van der Waals surface area (Å²) in [6, 6.07) is 3.12. The number of carbonyl (C=O) groups is 2. The summed E-state index contributed by atoms with van der Waals surface area (Å²) in [5.74, 6) is -0.832. The maximum atomic E-state index is 13.2. The van der Waals surface area contributed by atoms with Gasteiger partial charge in [0.05, 0.1) is 22.5 Å². The number of aromatic nitrogens is 3. The number of nitrogen functional groups attached to an aromatic ring is 1. The van der Waals surface area contributed by atoms with E-state index < -0.39 is 11.8 Å². The largest absolute Gasteiger partial charge is 0.397 e. The van der Waals surface area contributed by atoms with Gasteiger partial charge in [0.15, 0.2) is 11.0 Å². The van der Waals surface area contributed by atoms with E-state index in [0.717, 1.165) is 4.88 Å². The fourth-order valence-electron chi connectivity index (χ4n) is 2.66. The van der Waals surface area contributed by atoms with E-state index >= 15 is 0 Å². The third-order valence-electron chi connectivity index (χ3n) is 4.08. The van der Waals surface area contributed by atoms with Gasteiger partial charge in [-0.15, -0.1) is 11.3 Å². The third kappa shape index (κ3) is 4.70. The Balaban J connectivity index is 2.09. The number of rotatable bonds is 7. The van der Waals surface area contributed by atoms with Crippen LogP contribution in [0.4, 0.5) is 16.5 Å². The molecule has 0 aliphatic rings. The minimum atomic E-state index is -0.643. The Morgan fingerprint density at radius 1 is 1.17 bits per heavy atom. The number of benzene rings is 1. The van der Waals surface area contributed by atoms with Crippen LogP contribution in [0.1, 0.15) is 32.5 Å². The van der Waals surface area contributed by atoms with Crippen molar-refractivity contribution in [1.82, 2.24) is 15.0 Å². The molecule has 0 unspecified atom stereocenters. The van der Waals surface area contributed by atoms with Gasteiger partial charge in [-0.2, -0.15) is 0 Å². The summed E-state index contributed by atoms with van der Waals surface area (Å²) < 4.78 is 0. The van der Waals surface area contributed by atoms with E-state index in [1.807, 2.05) is 13.8 Å². The van der Waals surface area contributed by atoms with Crippen molar-refractivity contribution >= 4 is 39.7 Å². The molecule has 3 aromatic rings. The number of hydrogen-bond acceptors (Lipinski definition) is 9. The fraction of sp³-hybridized carbons (Fsp3) is 0.211. The van der Waals surface area contributed by atoms with E-state index in [9.17, 15) is 9.59 Å². The molecule has 0 aliphatic heterocycles. The number of thiazole rings is 1. The third-order valence-corrected chi connectivity index (χ3v) is 4.91. The number of nitrogens with one attached hydrogen (secondary N) is 2. The van der Waals surface area contributed by atoms with Gasteiger partial charge in [0.2, 0.25) is 0 Å². The molecular weight excluding hydrogens is 404 g/mol. The number of nitrogens with zero attached hydrogens (tertiary/aromatic N) is 3. The molecule has 2 aromatic heterocycles. The van der Waals surface area contributed by atoms with Crippen LogP contribution in [-0.2, 0) is 0 Å². The predicted octanol–water partition coefficient (Wildman–Crippen LogP) is 1.60. The highest BCUT2D eigenvalue weighted by Gasteiger charge is 2.23. The van der Waals surface area contributed by atoms with Crippen molar-refractivity contribution in [2.24, 2.45) is 11.5 Å². The fourth-order valence-corrected chi connectivity index (χ4v) is 3.32. The van der Waals surface area contributed by atoms with Crippen LogP contribution in [0.5, 0.6) is 0 Å². The van der Waals surface area contributed by atoms with Gasteiger partial charge in [-0.3, -0.25) is 14.9 Å². The van der Waals surface area contributed by atoms with E-state index in [1.165, 1.54) is 23.7 Å². The van der Waals surface area contributed by atoms with Crippen molar-refractivity contribution in [2.75, 3.05) is 22.9 Å². The van der Waals surface area contributed by atoms with Crippen molar-refractivity contribution in [3.63, 3.8) is 0 Å². The second-order valence-electron chi connectivity index (χ2n) is 6.70. The summed E-state index contributed by atoms with van der Waals surface area (Å²) >= 11 is 1.35. The molecule has 0 saturated carbocycles. The first-order chi connectivity index (χ1) is 14.3. The molecule has 156 valence electrons. The first-order valence-corrected chi connectivity index (χ1v) is 9.85. The summed E-state index contributed by atoms with van der Waals surface area (Å²) in [7, 11) is 0. The lowest BCUT2D eigenvalue weighted by atomic mass is 10.0. The Bertz CT molecular complexity index is 1080. The highest BCUT2D eigenvalue weighted by Crippen LogP contribution is 2.33. The Labute approximate surface area is 176 Å². The lowest BCUT2D eigenvalue weighted by Crippen LogP contribution is -2.27. The summed E-state index contributed by atoms with van der Waals surface area (Å²) in [6.07, 6.45) is 4.28. The molecule has 11 heteroatoms. The second-order valence-corrected chi connectivity index (χ2v) is 7.94. The molecule has 0 bridgehead atoms. The molecular formula is C19H22N8O2S. The van der Waals surface area contributed by atoms with Crippen LogP contribution in [0.3, 0.4) is 0 Å². The average Bonchev–Trinajstić information content (AvgIpc) is 3.11. The van der Waals surface area contributed by atoms with Crippen molar-refractivity contribution < 1.29 is 9.59 Å². The van der Waals surface area contributed by atoms with Gasteiger partial charge in [0, 0.05) is 41.6 Å². The van der Waals surface area contributed by atoms with Crippen LogP contribution in [0.25, 0.3) is 11.4 Å². The Morgan fingerprint density at radius 3 is 2.43 bits per heavy atom. The summed E-state index contributed by atoms with van der Waals surface area (Å²) in [5.41, 5.74) is 18.9. The number of carbonyl (C=O) groups excluding carboxylic acids is 2. The normalized spacial score (nSPS) is 11.7. The van der Waals surface area contributed by atoms with Gasteiger partial charge >= 0.3 is 0 Å². The topological polar surface area (TPSA) is 175 Å². The quantitative estimate of drug-likeness (QED) is 0.354. The number of amides is 2. The van der Waals surface area contributed by atoms with Gasteiger partial charge in [-0.1, -0.05) is 0 Å². The molecule has 8 N–H and O–H groups in total. The lowest BCUT2D eigenvalue weighted by molar-refractivity contribution is 0.0996. The minimum Gasteiger partial charge on any atom is -0.397 e. The standard InChI is InChI=1S/C19H22N8O2S/c1-9(20)5-23-15-13(21)4-3-12(17-24-7-11(8-25-17)16(22)28)14(15)18(29)27-19-26-6-10(2)30-19/h3-4,6-9,23H,5,20-21H2,1-2H3,(H2,22,28)(H,26,27,29)/t9-/m0/s1. The first-order valence-electron chi connectivity index (χ1n) is 9.04. The SMILES string of the molecule is Cc1cnc(NC(=O)c2c(-c3ncc(C(N)=O)cn3)ccc(N)c2NC[C@H](C)N)s1. The molecule has 0 fully saturated rings. The molecule has 0 aliphatic carbocycles. The molecule has 2 amide bonds. The van der Waals surface area contributed by atoms with E-state index in [2.05, 4.69) is 25.6 Å². The number of hydrogen-bond donors (Lipinski definition) is 5. The van der Waals surface area contributed by atoms with Crippen LogP contribution in [-0.4, -0.2) is 39.4 Å². The molecule has 3 rings (SSSR count). The van der Waals surface area contributed by atoms with Crippen molar-refractivity contribution in [3.8, 4) is 11.4 Å². The molecule has 0 saturated heterocycles. The molecule has 1 aromatic carbocycles. The van der Waals surface area contributed by atoms with Gasteiger partial charge < -0.3 is 22.5 Å². The Morgan fingerprint density at radius 2 is 1.87 bits per heavy atom. The van der Waals surface area contributed by atoms with Gasteiger partial charge in [-0.25, -0.2) is 15.0 Å². The van der Waals surface area contributed by atoms with Crippen molar-refractivity contribution in [1.29, 1.82) is 0 Å². The highest BCUT2D eigenvalue weighted by molar-refractivity contribution is 7.15. The lowest BCUT2D eigenvalue weighted by Gasteiger charge is -2.18. The molecule has 30 heavy (non-hydrogen) atoms. The van der Waals surface area contributed by atoms with E-state index in [4.69, 9.17) is 17.2 Å². The molecule has 2 heterocycles. The Kier molecular flexibility index (Phi) is 6.23. The molecule has 10 nitrogen and oxygen atoms in total. The zero-order valence-electron chi connectivity index (χ0n) is 16.5. The van der Waals surface area contributed by atoms with Crippen LogP contribution >= 0.6 is 11.3 Å².